The lowest BCUT2D eigenvalue weighted by Crippen LogP contribution is -2.22. The third-order valence-electron chi connectivity index (χ3n) is 4.51. The van der Waals surface area contributed by atoms with Crippen molar-refractivity contribution in [2.24, 2.45) is 0 Å². The van der Waals surface area contributed by atoms with Crippen LogP contribution in [0.3, 0.4) is 0 Å². The Hall–Kier alpha value is -3.35. The zero-order valence-corrected chi connectivity index (χ0v) is 14.9. The Labute approximate surface area is 155 Å². The van der Waals surface area contributed by atoms with Crippen LogP contribution in [-0.2, 0) is 17.8 Å². The maximum atomic E-state index is 12.6. The van der Waals surface area contributed by atoms with Gasteiger partial charge in [-0.05, 0) is 36.8 Å². The minimum Gasteiger partial charge on any atom is -0.497 e. The zero-order valence-electron chi connectivity index (χ0n) is 14.9. The number of nitrogens with zero attached hydrogens (tertiary/aromatic N) is 2. The Morgan fingerprint density at radius 3 is 2.96 bits per heavy atom. The Morgan fingerprint density at radius 1 is 1.22 bits per heavy atom. The smallest absolute Gasteiger partial charge is 0.262 e. The van der Waals surface area contributed by atoms with Crippen molar-refractivity contribution in [2.45, 2.75) is 19.4 Å². The second kappa shape index (κ2) is 7.11. The topological polar surface area (TPSA) is 82.4 Å². The molecule has 1 N–H and O–H groups in total. The molecule has 4 rings (SSSR count). The van der Waals surface area contributed by atoms with Crippen LogP contribution in [-0.4, -0.2) is 29.2 Å². The number of methoxy groups -OCH3 is 1. The molecule has 1 aliphatic heterocycles. The number of nitrogens with one attached hydrogen (secondary N) is 1. The third-order valence-corrected chi connectivity index (χ3v) is 4.51. The summed E-state index contributed by atoms with van der Waals surface area (Å²) in [7, 11) is 1.57. The van der Waals surface area contributed by atoms with Gasteiger partial charge in [0.25, 0.3) is 11.5 Å². The summed E-state index contributed by atoms with van der Waals surface area (Å²) in [5.41, 5.74) is 1.22. The van der Waals surface area contributed by atoms with Crippen molar-refractivity contribution < 1.29 is 14.3 Å². The Kier molecular flexibility index (Phi) is 4.50. The third kappa shape index (κ3) is 3.48. The summed E-state index contributed by atoms with van der Waals surface area (Å²) in [6.07, 6.45) is 1.76. The van der Waals surface area contributed by atoms with Gasteiger partial charge in [0.1, 0.15) is 17.3 Å². The lowest BCUT2D eigenvalue weighted by molar-refractivity contribution is -0.118. The summed E-state index contributed by atoms with van der Waals surface area (Å²) in [5.74, 6) is 1.65. The van der Waals surface area contributed by atoms with Crippen LogP contribution in [0.25, 0.3) is 10.9 Å². The maximum Gasteiger partial charge on any atom is 0.262 e. The standard InChI is InChI=1S/C20H19N3O4/c1-26-14-5-2-4-13(10-14)21-19(24)12-27-15-7-8-17-16(11-15)20(25)23-9-3-6-18(23)22-17/h2,4-5,7-8,10-11H,3,6,9,12H2,1H3,(H,21,24). The summed E-state index contributed by atoms with van der Waals surface area (Å²) in [6, 6.07) is 12.2. The molecule has 0 unspecified atom stereocenters. The average molecular weight is 365 g/mol. The molecule has 1 aromatic heterocycles. The van der Waals surface area contributed by atoms with Crippen LogP contribution in [0.1, 0.15) is 12.2 Å². The second-order valence-corrected chi connectivity index (χ2v) is 6.34. The van der Waals surface area contributed by atoms with E-state index in [0.29, 0.717) is 34.6 Å². The monoisotopic (exact) mass is 365 g/mol. The van der Waals surface area contributed by atoms with Gasteiger partial charge in [0.15, 0.2) is 6.61 Å². The molecule has 0 saturated heterocycles. The zero-order chi connectivity index (χ0) is 18.8. The average Bonchev–Trinajstić information content (AvgIpc) is 3.16. The molecule has 0 bridgehead atoms. The predicted molar refractivity (Wildman–Crippen MR) is 101 cm³/mol. The highest BCUT2D eigenvalue weighted by Crippen LogP contribution is 2.20. The molecule has 138 valence electrons. The quantitative estimate of drug-likeness (QED) is 0.751. The van der Waals surface area contributed by atoms with Gasteiger partial charge in [0, 0.05) is 24.7 Å². The molecule has 0 spiro atoms. The van der Waals surface area contributed by atoms with Gasteiger partial charge < -0.3 is 14.8 Å². The first-order valence-corrected chi connectivity index (χ1v) is 8.74. The van der Waals surface area contributed by atoms with E-state index in [1.807, 2.05) is 0 Å². The van der Waals surface area contributed by atoms with Gasteiger partial charge in [0.05, 0.1) is 18.0 Å². The first-order valence-electron chi connectivity index (χ1n) is 8.74. The Morgan fingerprint density at radius 2 is 2.11 bits per heavy atom. The van der Waals surface area contributed by atoms with E-state index in [4.69, 9.17) is 9.47 Å². The molecule has 1 amide bonds. The molecular weight excluding hydrogens is 346 g/mol. The molecule has 0 radical (unpaired) electrons. The van der Waals surface area contributed by atoms with Gasteiger partial charge in [-0.1, -0.05) is 6.07 Å². The number of aryl methyl sites for hydroxylation is 1. The fourth-order valence-corrected chi connectivity index (χ4v) is 3.20. The van der Waals surface area contributed by atoms with Crippen molar-refractivity contribution in [1.82, 2.24) is 9.55 Å². The summed E-state index contributed by atoms with van der Waals surface area (Å²) >= 11 is 0. The van der Waals surface area contributed by atoms with Crippen LogP contribution < -0.4 is 20.3 Å². The second-order valence-electron chi connectivity index (χ2n) is 6.34. The van der Waals surface area contributed by atoms with E-state index in [0.717, 1.165) is 18.7 Å². The molecule has 7 heteroatoms. The predicted octanol–water partition coefficient (Wildman–Crippen LogP) is 2.37. The van der Waals surface area contributed by atoms with E-state index >= 15 is 0 Å². The first-order chi connectivity index (χ1) is 13.1. The molecule has 0 saturated carbocycles. The van der Waals surface area contributed by atoms with Gasteiger partial charge in [-0.2, -0.15) is 0 Å². The first kappa shape index (κ1) is 17.1. The fourth-order valence-electron chi connectivity index (χ4n) is 3.20. The number of anilines is 1. The number of fused-ring (bicyclic) bond motifs is 2. The van der Waals surface area contributed by atoms with Crippen molar-refractivity contribution in [3.63, 3.8) is 0 Å². The van der Waals surface area contributed by atoms with Crippen molar-refractivity contribution in [3.05, 3.63) is 58.6 Å². The van der Waals surface area contributed by atoms with Crippen molar-refractivity contribution in [3.8, 4) is 11.5 Å². The highest BCUT2D eigenvalue weighted by atomic mass is 16.5. The largest absolute Gasteiger partial charge is 0.497 e. The van der Waals surface area contributed by atoms with Crippen LogP contribution >= 0.6 is 0 Å². The fraction of sp³-hybridized carbons (Fsp3) is 0.250. The van der Waals surface area contributed by atoms with Crippen LogP contribution in [0.4, 0.5) is 5.69 Å². The van der Waals surface area contributed by atoms with Crippen molar-refractivity contribution in [1.29, 1.82) is 0 Å². The van der Waals surface area contributed by atoms with E-state index in [1.54, 1.807) is 54.1 Å². The number of hydrogen-bond acceptors (Lipinski definition) is 5. The van der Waals surface area contributed by atoms with Crippen LogP contribution in [0.5, 0.6) is 11.5 Å². The molecule has 0 fully saturated rings. The normalized spacial score (nSPS) is 12.6. The highest BCUT2D eigenvalue weighted by molar-refractivity contribution is 5.92. The number of carbonyl (C=O) groups is 1. The van der Waals surface area contributed by atoms with Gasteiger partial charge in [0.2, 0.25) is 0 Å². The van der Waals surface area contributed by atoms with E-state index in [9.17, 15) is 9.59 Å². The number of amides is 1. The molecular formula is C20H19N3O4. The highest BCUT2D eigenvalue weighted by Gasteiger charge is 2.16. The Balaban J connectivity index is 1.47. The van der Waals surface area contributed by atoms with Gasteiger partial charge in [-0.3, -0.25) is 14.2 Å². The van der Waals surface area contributed by atoms with E-state index in [-0.39, 0.29) is 18.1 Å². The number of carbonyl (C=O) groups excluding carboxylic acids is 1. The van der Waals surface area contributed by atoms with E-state index < -0.39 is 0 Å². The lowest BCUT2D eigenvalue weighted by Gasteiger charge is -2.10. The van der Waals surface area contributed by atoms with Gasteiger partial charge in [-0.25, -0.2) is 4.98 Å². The Bertz CT molecular complexity index is 1070. The molecule has 0 atom stereocenters. The molecule has 27 heavy (non-hydrogen) atoms. The molecule has 7 nitrogen and oxygen atoms in total. The molecule has 2 heterocycles. The summed E-state index contributed by atoms with van der Waals surface area (Å²) < 4.78 is 12.4. The molecule has 1 aliphatic rings. The van der Waals surface area contributed by atoms with Crippen LogP contribution in [0, 0.1) is 0 Å². The van der Waals surface area contributed by atoms with Crippen LogP contribution in [0.2, 0.25) is 0 Å². The number of rotatable bonds is 5. The lowest BCUT2D eigenvalue weighted by atomic mass is 10.2. The SMILES string of the molecule is COc1cccc(NC(=O)COc2ccc3nc4n(c(=O)c3c2)CCC4)c1. The molecule has 2 aromatic carbocycles. The van der Waals surface area contributed by atoms with E-state index in [1.165, 1.54) is 0 Å². The van der Waals surface area contributed by atoms with Crippen LogP contribution in [0.15, 0.2) is 47.3 Å². The summed E-state index contributed by atoms with van der Waals surface area (Å²) in [6.45, 7) is 0.535. The van der Waals surface area contributed by atoms with Gasteiger partial charge in [-0.15, -0.1) is 0 Å². The summed E-state index contributed by atoms with van der Waals surface area (Å²) in [4.78, 5) is 29.2. The number of aromatic nitrogens is 2. The minimum absolute atomic E-state index is 0.0567. The van der Waals surface area contributed by atoms with Crippen molar-refractivity contribution in [2.75, 3.05) is 19.0 Å². The molecule has 0 aliphatic carbocycles. The van der Waals surface area contributed by atoms with Crippen molar-refractivity contribution >= 4 is 22.5 Å². The number of hydrogen-bond donors (Lipinski definition) is 1. The minimum atomic E-state index is -0.299. The van der Waals surface area contributed by atoms with E-state index in [2.05, 4.69) is 10.3 Å². The molecule has 3 aromatic rings. The maximum absolute atomic E-state index is 12.6. The van der Waals surface area contributed by atoms with Gasteiger partial charge >= 0.3 is 0 Å². The number of benzene rings is 2. The number of ether oxygens (including phenoxy) is 2. The summed E-state index contributed by atoms with van der Waals surface area (Å²) in [5, 5.41) is 3.25.